The summed E-state index contributed by atoms with van der Waals surface area (Å²) in [4.78, 5) is 36.0. The summed E-state index contributed by atoms with van der Waals surface area (Å²) >= 11 is 0. The number of imidazole rings is 2. The summed E-state index contributed by atoms with van der Waals surface area (Å²) in [5.41, 5.74) is 0.738. The summed E-state index contributed by atoms with van der Waals surface area (Å²) in [5, 5.41) is 19.2. The van der Waals surface area contributed by atoms with E-state index >= 15 is 0 Å². The number of hydrogen-bond donors (Lipinski definition) is 3. The summed E-state index contributed by atoms with van der Waals surface area (Å²) in [6.07, 6.45) is 1.72. The van der Waals surface area contributed by atoms with Gasteiger partial charge in [0, 0.05) is 19.3 Å². The number of nitrogens with zero attached hydrogens (tertiary/aromatic N) is 4. The maximum absolute atomic E-state index is 12.8. The highest BCUT2D eigenvalue weighted by atomic mass is 16.5. The molecular weight excluding hydrogens is 342 g/mol. The van der Waals surface area contributed by atoms with Crippen molar-refractivity contribution in [1.29, 1.82) is 0 Å². The molecule has 3 aromatic rings. The lowest BCUT2D eigenvalue weighted by Crippen LogP contribution is -2.24. The van der Waals surface area contributed by atoms with Crippen molar-refractivity contribution in [2.45, 2.75) is 44.6 Å². The molecular formula is C16H19N5O5. The van der Waals surface area contributed by atoms with Crippen LogP contribution in [-0.4, -0.2) is 58.7 Å². The van der Waals surface area contributed by atoms with Gasteiger partial charge in [0.15, 0.2) is 5.52 Å². The minimum absolute atomic E-state index is 0.0141. The number of nitrogens with one attached hydrogen (secondary N) is 1. The number of Topliss-reactive ketones (excluding diaryl/α,β-unsaturated/α-hetero) is 1. The SMILES string of the molecule is CCC(=O)Cc1cnc2[nH]c3c(ncn3[C@H]3C[C@H](O)[C@@H](CO)O3)c(=O)n12. The Balaban J connectivity index is 1.80. The number of aromatic nitrogens is 5. The Labute approximate surface area is 147 Å². The van der Waals surface area contributed by atoms with Gasteiger partial charge in [-0.2, -0.15) is 0 Å². The maximum atomic E-state index is 12.8. The third-order valence-electron chi connectivity index (χ3n) is 4.73. The van der Waals surface area contributed by atoms with Gasteiger partial charge < -0.3 is 19.9 Å². The van der Waals surface area contributed by atoms with Gasteiger partial charge >= 0.3 is 0 Å². The van der Waals surface area contributed by atoms with E-state index in [9.17, 15) is 19.8 Å². The van der Waals surface area contributed by atoms with Crippen molar-refractivity contribution < 1.29 is 19.7 Å². The summed E-state index contributed by atoms with van der Waals surface area (Å²) < 4.78 is 8.60. The lowest BCUT2D eigenvalue weighted by atomic mass is 10.2. The van der Waals surface area contributed by atoms with Crippen LogP contribution in [0, 0.1) is 0 Å². The average molecular weight is 361 g/mol. The van der Waals surface area contributed by atoms with E-state index in [-0.39, 0.29) is 36.3 Å². The van der Waals surface area contributed by atoms with E-state index in [4.69, 9.17) is 4.74 Å². The van der Waals surface area contributed by atoms with Crippen molar-refractivity contribution in [3.8, 4) is 0 Å². The van der Waals surface area contributed by atoms with E-state index in [1.807, 2.05) is 0 Å². The van der Waals surface area contributed by atoms with Crippen LogP contribution in [0.4, 0.5) is 0 Å². The molecule has 4 heterocycles. The number of fused-ring (bicyclic) bond motifs is 2. The van der Waals surface area contributed by atoms with Crippen molar-refractivity contribution in [1.82, 2.24) is 23.9 Å². The molecule has 138 valence electrons. The van der Waals surface area contributed by atoms with Gasteiger partial charge in [0.1, 0.15) is 23.8 Å². The number of aliphatic hydroxyl groups excluding tert-OH is 2. The van der Waals surface area contributed by atoms with Gasteiger partial charge in [0.2, 0.25) is 5.78 Å². The molecule has 1 saturated heterocycles. The standard InChI is InChI=1S/C16H19N5O5/c1-2-9(23)3-8-5-17-16-19-14-13(15(25)21(8)16)18-7-20(14)12-4-10(24)11(6-22)26-12/h5,7,10-12,22,24H,2-4,6H2,1H3,(H,17,19)/t10-,11+,12+/m0/s1. The van der Waals surface area contributed by atoms with Crippen molar-refractivity contribution >= 4 is 22.7 Å². The van der Waals surface area contributed by atoms with Crippen LogP contribution in [0.1, 0.15) is 31.7 Å². The highest BCUT2D eigenvalue weighted by Crippen LogP contribution is 2.30. The third kappa shape index (κ3) is 2.54. The Kier molecular flexibility index (Phi) is 4.10. The van der Waals surface area contributed by atoms with Gasteiger partial charge in [-0.3, -0.25) is 14.2 Å². The highest BCUT2D eigenvalue weighted by Gasteiger charge is 2.35. The number of ketones is 1. The van der Waals surface area contributed by atoms with E-state index in [1.165, 1.54) is 16.9 Å². The molecule has 0 spiro atoms. The fraction of sp³-hybridized carbons (Fsp3) is 0.500. The fourth-order valence-electron chi connectivity index (χ4n) is 3.28. The Morgan fingerprint density at radius 3 is 2.96 bits per heavy atom. The Hall–Kier alpha value is -2.56. The number of ether oxygens (including phenoxy) is 1. The zero-order valence-electron chi connectivity index (χ0n) is 14.1. The lowest BCUT2D eigenvalue weighted by Gasteiger charge is -2.13. The normalized spacial score (nSPS) is 23.3. The second-order valence-electron chi connectivity index (χ2n) is 6.37. The number of aliphatic hydroxyl groups is 2. The van der Waals surface area contributed by atoms with Crippen molar-refractivity contribution in [2.24, 2.45) is 0 Å². The number of rotatable bonds is 5. The molecule has 0 aromatic carbocycles. The zero-order chi connectivity index (χ0) is 18.4. The van der Waals surface area contributed by atoms with Crippen LogP contribution in [0.3, 0.4) is 0 Å². The first-order valence-electron chi connectivity index (χ1n) is 8.44. The van der Waals surface area contributed by atoms with Crippen LogP contribution in [0.2, 0.25) is 0 Å². The number of carbonyl (C=O) groups excluding carboxylic acids is 1. The topological polar surface area (TPSA) is 135 Å². The van der Waals surface area contributed by atoms with Gasteiger partial charge in [0.05, 0.1) is 30.9 Å². The maximum Gasteiger partial charge on any atom is 0.287 e. The molecule has 0 bridgehead atoms. The molecule has 0 radical (unpaired) electrons. The zero-order valence-corrected chi connectivity index (χ0v) is 14.1. The van der Waals surface area contributed by atoms with Crippen LogP contribution >= 0.6 is 0 Å². The van der Waals surface area contributed by atoms with E-state index in [1.54, 1.807) is 11.5 Å². The van der Waals surface area contributed by atoms with Crippen LogP contribution < -0.4 is 5.56 Å². The van der Waals surface area contributed by atoms with E-state index in [0.717, 1.165) is 0 Å². The summed E-state index contributed by atoms with van der Waals surface area (Å²) in [6.45, 7) is 1.48. The monoisotopic (exact) mass is 361 g/mol. The molecule has 0 unspecified atom stereocenters. The number of hydrogen-bond acceptors (Lipinski definition) is 7. The summed E-state index contributed by atoms with van der Waals surface area (Å²) in [6, 6.07) is 0. The highest BCUT2D eigenvalue weighted by molar-refractivity contribution is 5.80. The van der Waals surface area contributed by atoms with Crippen LogP contribution in [0.15, 0.2) is 17.3 Å². The smallest absolute Gasteiger partial charge is 0.287 e. The van der Waals surface area contributed by atoms with E-state index in [2.05, 4.69) is 15.0 Å². The van der Waals surface area contributed by atoms with Gasteiger partial charge in [-0.25, -0.2) is 14.4 Å². The molecule has 26 heavy (non-hydrogen) atoms. The van der Waals surface area contributed by atoms with E-state index in [0.29, 0.717) is 23.5 Å². The second kappa shape index (κ2) is 6.31. The molecule has 3 aromatic heterocycles. The molecule has 4 rings (SSSR count). The van der Waals surface area contributed by atoms with Crippen molar-refractivity contribution in [3.05, 3.63) is 28.6 Å². The van der Waals surface area contributed by atoms with Crippen LogP contribution in [0.25, 0.3) is 16.9 Å². The predicted octanol–water partition coefficient (Wildman–Crippen LogP) is -0.465. The number of carbonyl (C=O) groups is 1. The summed E-state index contributed by atoms with van der Waals surface area (Å²) in [7, 11) is 0. The molecule has 10 heteroatoms. The molecule has 0 saturated carbocycles. The Morgan fingerprint density at radius 1 is 1.46 bits per heavy atom. The number of aromatic amines is 1. The molecule has 0 aliphatic carbocycles. The first-order chi connectivity index (χ1) is 12.5. The molecule has 3 atom stereocenters. The molecule has 0 amide bonds. The lowest BCUT2D eigenvalue weighted by molar-refractivity contribution is -0.118. The average Bonchev–Trinajstić information content (AvgIpc) is 3.32. The molecule has 1 fully saturated rings. The second-order valence-corrected chi connectivity index (χ2v) is 6.37. The minimum Gasteiger partial charge on any atom is -0.394 e. The third-order valence-corrected chi connectivity index (χ3v) is 4.73. The van der Waals surface area contributed by atoms with Gasteiger partial charge in [-0.15, -0.1) is 0 Å². The fourth-order valence-corrected chi connectivity index (χ4v) is 3.28. The van der Waals surface area contributed by atoms with Gasteiger partial charge in [-0.05, 0) is 0 Å². The largest absolute Gasteiger partial charge is 0.394 e. The Morgan fingerprint density at radius 2 is 2.27 bits per heavy atom. The molecule has 3 N–H and O–H groups in total. The quantitative estimate of drug-likeness (QED) is 0.559. The minimum atomic E-state index is -0.795. The van der Waals surface area contributed by atoms with Crippen molar-refractivity contribution in [3.63, 3.8) is 0 Å². The van der Waals surface area contributed by atoms with Crippen LogP contribution in [-0.2, 0) is 16.0 Å². The molecule has 10 nitrogen and oxygen atoms in total. The summed E-state index contributed by atoms with van der Waals surface area (Å²) in [5.74, 6) is 0.320. The van der Waals surface area contributed by atoms with E-state index < -0.39 is 18.4 Å². The predicted molar refractivity (Wildman–Crippen MR) is 89.7 cm³/mol. The van der Waals surface area contributed by atoms with Gasteiger partial charge in [-0.1, -0.05) is 6.92 Å². The first-order valence-corrected chi connectivity index (χ1v) is 8.44. The van der Waals surface area contributed by atoms with Crippen molar-refractivity contribution in [2.75, 3.05) is 6.61 Å². The molecule has 1 aliphatic rings. The molecule has 1 aliphatic heterocycles. The Bertz CT molecular complexity index is 1030. The van der Waals surface area contributed by atoms with Crippen LogP contribution in [0.5, 0.6) is 0 Å². The first kappa shape index (κ1) is 16.9. The van der Waals surface area contributed by atoms with Gasteiger partial charge in [0.25, 0.3) is 5.56 Å². The number of H-pyrrole nitrogens is 1.